The van der Waals surface area contributed by atoms with Crippen LogP contribution in [0.5, 0.6) is 5.75 Å². The Hall–Kier alpha value is -2.27. The molecule has 2 heteroatoms. The molecule has 0 N–H and O–H groups in total. The van der Waals surface area contributed by atoms with Gasteiger partial charge in [-0.2, -0.15) is 5.26 Å². The molecule has 1 aliphatic rings. The highest BCUT2D eigenvalue weighted by atomic mass is 16.5. The van der Waals surface area contributed by atoms with Gasteiger partial charge in [0.15, 0.2) is 0 Å². The quantitative estimate of drug-likeness (QED) is 0.838. The first-order chi connectivity index (χ1) is 9.85. The Bertz CT molecular complexity index is 637. The van der Waals surface area contributed by atoms with Crippen molar-refractivity contribution in [1.29, 1.82) is 5.26 Å². The third-order valence-electron chi connectivity index (χ3n) is 3.81. The van der Waals surface area contributed by atoms with Gasteiger partial charge in [-0.3, -0.25) is 0 Å². The molecular formula is C18H17NO. The van der Waals surface area contributed by atoms with Gasteiger partial charge < -0.3 is 4.74 Å². The molecule has 0 bridgehead atoms. The van der Waals surface area contributed by atoms with E-state index in [0.29, 0.717) is 12.2 Å². The first-order valence-corrected chi connectivity index (χ1v) is 7.09. The largest absolute Gasteiger partial charge is 0.489 e. The van der Waals surface area contributed by atoms with Crippen molar-refractivity contribution < 1.29 is 4.74 Å². The zero-order valence-electron chi connectivity index (χ0n) is 11.4. The van der Waals surface area contributed by atoms with Crippen molar-refractivity contribution in [2.24, 2.45) is 0 Å². The normalized spacial score (nSPS) is 13.3. The number of nitrogens with zero attached hydrogens (tertiary/aromatic N) is 1. The van der Waals surface area contributed by atoms with Crippen LogP contribution in [0.3, 0.4) is 0 Å². The molecule has 3 rings (SSSR count). The number of hydrogen-bond donors (Lipinski definition) is 0. The number of rotatable bonds is 3. The van der Waals surface area contributed by atoms with E-state index >= 15 is 0 Å². The Morgan fingerprint density at radius 1 is 0.950 bits per heavy atom. The van der Waals surface area contributed by atoms with Crippen LogP contribution in [0.1, 0.15) is 35.1 Å². The summed E-state index contributed by atoms with van der Waals surface area (Å²) < 4.78 is 5.85. The zero-order chi connectivity index (χ0) is 13.8. The Kier molecular flexibility index (Phi) is 3.69. The number of ether oxygens (including phenoxy) is 1. The second-order valence-electron chi connectivity index (χ2n) is 5.24. The Morgan fingerprint density at radius 3 is 2.45 bits per heavy atom. The van der Waals surface area contributed by atoms with Crippen molar-refractivity contribution in [2.45, 2.75) is 32.3 Å². The summed E-state index contributed by atoms with van der Waals surface area (Å²) in [4.78, 5) is 0. The summed E-state index contributed by atoms with van der Waals surface area (Å²) in [7, 11) is 0. The van der Waals surface area contributed by atoms with Crippen molar-refractivity contribution in [1.82, 2.24) is 0 Å². The fourth-order valence-corrected chi connectivity index (χ4v) is 2.64. The molecule has 0 radical (unpaired) electrons. The van der Waals surface area contributed by atoms with E-state index < -0.39 is 0 Å². The summed E-state index contributed by atoms with van der Waals surface area (Å²) in [5, 5.41) is 8.77. The van der Waals surface area contributed by atoms with Gasteiger partial charge in [0.2, 0.25) is 0 Å². The molecule has 0 heterocycles. The van der Waals surface area contributed by atoms with Crippen molar-refractivity contribution in [2.75, 3.05) is 0 Å². The second kappa shape index (κ2) is 5.79. The minimum Gasteiger partial charge on any atom is -0.489 e. The van der Waals surface area contributed by atoms with E-state index in [-0.39, 0.29) is 0 Å². The molecule has 0 aromatic heterocycles. The Labute approximate surface area is 119 Å². The molecule has 0 atom stereocenters. The maximum atomic E-state index is 8.77. The predicted molar refractivity (Wildman–Crippen MR) is 78.6 cm³/mol. The van der Waals surface area contributed by atoms with Gasteiger partial charge in [0.05, 0.1) is 11.6 Å². The number of fused-ring (bicyclic) bond motifs is 1. The monoisotopic (exact) mass is 263 g/mol. The summed E-state index contributed by atoms with van der Waals surface area (Å²) in [6.07, 6.45) is 4.96. The highest BCUT2D eigenvalue weighted by Crippen LogP contribution is 2.25. The molecule has 0 amide bonds. The molecule has 0 unspecified atom stereocenters. The van der Waals surface area contributed by atoms with Crippen LogP contribution < -0.4 is 4.74 Å². The van der Waals surface area contributed by atoms with Gasteiger partial charge >= 0.3 is 0 Å². The lowest BCUT2D eigenvalue weighted by Crippen LogP contribution is -2.03. The summed E-state index contributed by atoms with van der Waals surface area (Å²) in [6, 6.07) is 16.1. The SMILES string of the molecule is N#Cc1ccc(COc2ccc3c(c2)CCCC3)cc1. The number of aryl methyl sites for hydroxylation is 2. The van der Waals surface area contributed by atoms with Gasteiger partial charge in [-0.05, 0) is 66.6 Å². The van der Waals surface area contributed by atoms with Crippen LogP contribution in [0.25, 0.3) is 0 Å². The van der Waals surface area contributed by atoms with Gasteiger partial charge in [0.1, 0.15) is 12.4 Å². The summed E-state index contributed by atoms with van der Waals surface area (Å²) >= 11 is 0. The molecular weight excluding hydrogens is 246 g/mol. The maximum Gasteiger partial charge on any atom is 0.120 e. The first kappa shape index (κ1) is 12.7. The van der Waals surface area contributed by atoms with E-state index in [4.69, 9.17) is 10.00 Å². The van der Waals surface area contributed by atoms with Gasteiger partial charge in [0, 0.05) is 0 Å². The molecule has 0 saturated carbocycles. The van der Waals surface area contributed by atoms with Crippen LogP contribution in [0, 0.1) is 11.3 Å². The molecule has 0 aliphatic heterocycles. The van der Waals surface area contributed by atoms with Gasteiger partial charge in [-0.15, -0.1) is 0 Å². The van der Waals surface area contributed by atoms with E-state index in [0.717, 1.165) is 11.3 Å². The minimum absolute atomic E-state index is 0.546. The average molecular weight is 263 g/mol. The van der Waals surface area contributed by atoms with E-state index in [1.54, 1.807) is 0 Å². The lowest BCUT2D eigenvalue weighted by molar-refractivity contribution is 0.305. The summed E-state index contributed by atoms with van der Waals surface area (Å²) in [5.41, 5.74) is 4.68. The van der Waals surface area contributed by atoms with E-state index in [2.05, 4.69) is 24.3 Å². The van der Waals surface area contributed by atoms with Crippen LogP contribution in [0.4, 0.5) is 0 Å². The lowest BCUT2D eigenvalue weighted by atomic mass is 9.92. The number of benzene rings is 2. The second-order valence-corrected chi connectivity index (χ2v) is 5.24. The van der Waals surface area contributed by atoms with Gasteiger partial charge in [-0.1, -0.05) is 18.2 Å². The molecule has 2 nitrogen and oxygen atoms in total. The third-order valence-corrected chi connectivity index (χ3v) is 3.81. The lowest BCUT2D eigenvalue weighted by Gasteiger charge is -2.16. The Morgan fingerprint density at radius 2 is 1.70 bits per heavy atom. The van der Waals surface area contributed by atoms with Crippen molar-refractivity contribution >= 4 is 0 Å². The van der Waals surface area contributed by atoms with Crippen molar-refractivity contribution in [3.05, 3.63) is 64.7 Å². The molecule has 2 aromatic rings. The molecule has 0 spiro atoms. The van der Waals surface area contributed by atoms with Gasteiger partial charge in [0.25, 0.3) is 0 Å². The van der Waals surface area contributed by atoms with Crippen molar-refractivity contribution in [3.8, 4) is 11.8 Å². The zero-order valence-corrected chi connectivity index (χ0v) is 11.4. The third kappa shape index (κ3) is 2.83. The average Bonchev–Trinajstić information content (AvgIpc) is 2.53. The van der Waals surface area contributed by atoms with Crippen molar-refractivity contribution in [3.63, 3.8) is 0 Å². The van der Waals surface area contributed by atoms with E-state index in [1.807, 2.05) is 24.3 Å². The molecule has 1 aliphatic carbocycles. The first-order valence-electron chi connectivity index (χ1n) is 7.09. The molecule has 0 fully saturated rings. The summed E-state index contributed by atoms with van der Waals surface area (Å²) in [5.74, 6) is 0.940. The van der Waals surface area contributed by atoms with E-state index in [9.17, 15) is 0 Å². The van der Waals surface area contributed by atoms with Crippen LogP contribution in [0.2, 0.25) is 0 Å². The Balaban J connectivity index is 1.67. The maximum absolute atomic E-state index is 8.77. The molecule has 20 heavy (non-hydrogen) atoms. The highest BCUT2D eigenvalue weighted by Gasteiger charge is 2.09. The minimum atomic E-state index is 0.546. The fourth-order valence-electron chi connectivity index (χ4n) is 2.64. The number of nitriles is 1. The van der Waals surface area contributed by atoms with Crippen LogP contribution in [-0.4, -0.2) is 0 Å². The number of hydrogen-bond acceptors (Lipinski definition) is 2. The molecule has 100 valence electrons. The van der Waals surface area contributed by atoms with Crippen LogP contribution >= 0.6 is 0 Å². The highest BCUT2D eigenvalue weighted by molar-refractivity contribution is 5.37. The fraction of sp³-hybridized carbons (Fsp3) is 0.278. The smallest absolute Gasteiger partial charge is 0.120 e. The van der Waals surface area contributed by atoms with E-state index in [1.165, 1.54) is 36.8 Å². The molecule has 2 aromatic carbocycles. The van der Waals surface area contributed by atoms with Crippen LogP contribution in [0.15, 0.2) is 42.5 Å². The standard InChI is InChI=1S/C18H17NO/c19-12-14-5-7-15(8-6-14)13-20-18-10-9-16-3-1-2-4-17(16)11-18/h5-11H,1-4,13H2. The topological polar surface area (TPSA) is 33.0 Å². The van der Waals surface area contributed by atoms with Crippen LogP contribution in [-0.2, 0) is 19.4 Å². The molecule has 0 saturated heterocycles. The van der Waals surface area contributed by atoms with Gasteiger partial charge in [-0.25, -0.2) is 0 Å². The summed E-state index contributed by atoms with van der Waals surface area (Å²) in [6.45, 7) is 0.546. The predicted octanol–water partition coefficient (Wildman–Crippen LogP) is 4.02.